The van der Waals surface area contributed by atoms with Crippen LogP contribution in [0.3, 0.4) is 0 Å². The molecule has 0 bridgehead atoms. The summed E-state index contributed by atoms with van der Waals surface area (Å²) in [6.07, 6.45) is 6.36. The summed E-state index contributed by atoms with van der Waals surface area (Å²) in [6.45, 7) is 1.12. The number of carbonyl (C=O) groups excluding carboxylic acids is 1. The lowest BCUT2D eigenvalue weighted by atomic mass is 9.99. The Bertz CT molecular complexity index is 211. The summed E-state index contributed by atoms with van der Waals surface area (Å²) in [5, 5.41) is 8.93. The predicted octanol–water partition coefficient (Wildman–Crippen LogP) is 1.16. The number of hydrogen-bond acceptors (Lipinski definition) is 2. The normalized spacial score (nSPS) is 27.8. The Morgan fingerprint density at radius 1 is 1.29 bits per heavy atom. The molecule has 80 valence electrons. The molecule has 1 aliphatic carbocycles. The number of aliphatic hydroxyl groups excluding tert-OH is 1. The van der Waals surface area contributed by atoms with Crippen LogP contribution < -0.4 is 0 Å². The molecule has 1 saturated heterocycles. The fourth-order valence-electron chi connectivity index (χ4n) is 2.30. The number of amides is 1. The Kier molecular flexibility index (Phi) is 3.06. The van der Waals surface area contributed by atoms with Crippen molar-refractivity contribution in [3.05, 3.63) is 0 Å². The van der Waals surface area contributed by atoms with E-state index in [9.17, 15) is 4.79 Å². The van der Waals surface area contributed by atoms with Crippen LogP contribution in [0, 0.1) is 5.92 Å². The molecule has 3 heteroatoms. The zero-order valence-electron chi connectivity index (χ0n) is 8.61. The monoisotopic (exact) mass is 197 g/mol. The molecule has 0 aromatic rings. The molecule has 2 aliphatic rings. The van der Waals surface area contributed by atoms with E-state index in [-0.39, 0.29) is 6.61 Å². The van der Waals surface area contributed by atoms with E-state index in [1.54, 1.807) is 0 Å². The first-order chi connectivity index (χ1) is 6.83. The highest BCUT2D eigenvalue weighted by molar-refractivity contribution is 5.81. The number of piperidine rings is 1. The van der Waals surface area contributed by atoms with Crippen molar-refractivity contribution in [3.63, 3.8) is 0 Å². The van der Waals surface area contributed by atoms with E-state index in [0.29, 0.717) is 17.9 Å². The number of nitrogens with zero attached hydrogens (tertiary/aromatic N) is 1. The lowest BCUT2D eigenvalue weighted by Crippen LogP contribution is -2.44. The summed E-state index contributed by atoms with van der Waals surface area (Å²) in [4.78, 5) is 13.9. The van der Waals surface area contributed by atoms with Crippen molar-refractivity contribution in [2.75, 3.05) is 13.2 Å². The van der Waals surface area contributed by atoms with Crippen LogP contribution in [0.15, 0.2) is 0 Å². The predicted molar refractivity (Wildman–Crippen MR) is 53.8 cm³/mol. The number of carbonyl (C=O) groups is 1. The largest absolute Gasteiger partial charge is 0.396 e. The van der Waals surface area contributed by atoms with Gasteiger partial charge in [0.05, 0.1) is 0 Å². The molecule has 1 atom stereocenters. The fourth-order valence-corrected chi connectivity index (χ4v) is 2.30. The van der Waals surface area contributed by atoms with Gasteiger partial charge in [0.15, 0.2) is 0 Å². The zero-order chi connectivity index (χ0) is 9.97. The van der Waals surface area contributed by atoms with E-state index in [4.69, 9.17) is 5.11 Å². The number of rotatable bonds is 3. The molecular weight excluding hydrogens is 178 g/mol. The van der Waals surface area contributed by atoms with Gasteiger partial charge in [0, 0.05) is 25.1 Å². The van der Waals surface area contributed by atoms with Crippen molar-refractivity contribution in [3.8, 4) is 0 Å². The van der Waals surface area contributed by atoms with Gasteiger partial charge >= 0.3 is 0 Å². The van der Waals surface area contributed by atoms with Crippen LogP contribution >= 0.6 is 0 Å². The summed E-state index contributed by atoms with van der Waals surface area (Å²) >= 11 is 0. The van der Waals surface area contributed by atoms with Gasteiger partial charge in [-0.1, -0.05) is 0 Å². The molecule has 1 N–H and O–H groups in total. The van der Waals surface area contributed by atoms with E-state index in [1.807, 2.05) is 4.90 Å². The van der Waals surface area contributed by atoms with Gasteiger partial charge in [0.2, 0.25) is 5.91 Å². The van der Waals surface area contributed by atoms with Crippen molar-refractivity contribution < 1.29 is 9.90 Å². The number of likely N-dealkylation sites (tertiary alicyclic amines) is 1. The lowest BCUT2D eigenvalue weighted by Gasteiger charge is -2.35. The Labute approximate surface area is 85.1 Å². The molecule has 1 heterocycles. The maximum Gasteiger partial charge on any atom is 0.225 e. The highest BCUT2D eigenvalue weighted by Gasteiger charge is 2.36. The second-order valence-corrected chi connectivity index (χ2v) is 4.47. The smallest absolute Gasteiger partial charge is 0.225 e. The maximum absolute atomic E-state index is 11.9. The lowest BCUT2D eigenvalue weighted by molar-refractivity contribution is -0.136. The molecule has 2 rings (SSSR count). The van der Waals surface area contributed by atoms with Crippen LogP contribution in [0.5, 0.6) is 0 Å². The summed E-state index contributed by atoms with van der Waals surface area (Å²) in [7, 11) is 0. The van der Waals surface area contributed by atoms with E-state index in [1.165, 1.54) is 6.42 Å². The molecule has 1 aliphatic heterocycles. The molecule has 0 radical (unpaired) electrons. The third-order valence-corrected chi connectivity index (χ3v) is 3.30. The number of hydrogen-bond donors (Lipinski definition) is 1. The molecule has 0 aromatic heterocycles. The van der Waals surface area contributed by atoms with Gasteiger partial charge in [-0.3, -0.25) is 4.79 Å². The molecule has 0 aromatic carbocycles. The van der Waals surface area contributed by atoms with Crippen LogP contribution in [-0.2, 0) is 4.79 Å². The second kappa shape index (κ2) is 4.30. The first-order valence-corrected chi connectivity index (χ1v) is 5.74. The Morgan fingerprint density at radius 2 is 2.07 bits per heavy atom. The highest BCUT2D eigenvalue weighted by Crippen LogP contribution is 2.33. The van der Waals surface area contributed by atoms with Crippen LogP contribution in [0.2, 0.25) is 0 Å². The van der Waals surface area contributed by atoms with Crippen molar-refractivity contribution >= 4 is 5.91 Å². The van der Waals surface area contributed by atoms with Crippen LogP contribution in [0.1, 0.15) is 38.5 Å². The molecular formula is C11H19NO2. The van der Waals surface area contributed by atoms with E-state index < -0.39 is 0 Å². The summed E-state index contributed by atoms with van der Waals surface area (Å²) in [5.74, 6) is 0.678. The minimum Gasteiger partial charge on any atom is -0.396 e. The molecule has 0 spiro atoms. The third kappa shape index (κ3) is 2.08. The van der Waals surface area contributed by atoms with Crippen LogP contribution in [0.25, 0.3) is 0 Å². The molecule has 1 saturated carbocycles. The Morgan fingerprint density at radius 3 is 2.71 bits per heavy atom. The number of aliphatic hydroxyl groups is 1. The van der Waals surface area contributed by atoms with Crippen LogP contribution in [-0.4, -0.2) is 35.1 Å². The quantitative estimate of drug-likeness (QED) is 0.737. The fraction of sp³-hybridized carbons (Fsp3) is 0.909. The van der Waals surface area contributed by atoms with Crippen molar-refractivity contribution in [2.24, 2.45) is 5.92 Å². The van der Waals surface area contributed by atoms with Crippen molar-refractivity contribution in [2.45, 2.75) is 44.6 Å². The standard InChI is InChI=1S/C11H19NO2/c13-8-6-10-3-1-2-7-12(10)11(14)9-4-5-9/h9-10,13H,1-8H2. The van der Waals surface area contributed by atoms with Gasteiger partial charge in [0.25, 0.3) is 0 Å². The Hall–Kier alpha value is -0.570. The summed E-state index contributed by atoms with van der Waals surface area (Å²) in [5.41, 5.74) is 0. The van der Waals surface area contributed by atoms with Crippen molar-refractivity contribution in [1.82, 2.24) is 4.90 Å². The van der Waals surface area contributed by atoms with Gasteiger partial charge < -0.3 is 10.0 Å². The summed E-state index contributed by atoms with van der Waals surface area (Å²) < 4.78 is 0. The first kappa shape index (κ1) is 9.97. The minimum absolute atomic E-state index is 0.207. The zero-order valence-corrected chi connectivity index (χ0v) is 8.61. The van der Waals surface area contributed by atoms with E-state index in [2.05, 4.69) is 0 Å². The minimum atomic E-state index is 0.207. The molecule has 2 fully saturated rings. The molecule has 14 heavy (non-hydrogen) atoms. The van der Waals surface area contributed by atoms with E-state index in [0.717, 1.165) is 38.6 Å². The second-order valence-electron chi connectivity index (χ2n) is 4.47. The Balaban J connectivity index is 1.94. The average molecular weight is 197 g/mol. The average Bonchev–Trinajstić information content (AvgIpc) is 3.01. The van der Waals surface area contributed by atoms with Crippen molar-refractivity contribution in [1.29, 1.82) is 0 Å². The molecule has 3 nitrogen and oxygen atoms in total. The van der Waals surface area contributed by atoms with Gasteiger partial charge in [0.1, 0.15) is 0 Å². The SMILES string of the molecule is O=C(C1CC1)N1CCCCC1CCO. The first-order valence-electron chi connectivity index (χ1n) is 5.74. The molecule has 1 amide bonds. The summed E-state index contributed by atoms with van der Waals surface area (Å²) in [6, 6.07) is 0.321. The molecule has 1 unspecified atom stereocenters. The topological polar surface area (TPSA) is 40.5 Å². The maximum atomic E-state index is 11.9. The highest BCUT2D eigenvalue weighted by atomic mass is 16.3. The van der Waals surface area contributed by atoms with Crippen LogP contribution in [0.4, 0.5) is 0 Å². The van der Waals surface area contributed by atoms with Gasteiger partial charge in [-0.25, -0.2) is 0 Å². The van der Waals surface area contributed by atoms with Gasteiger partial charge in [-0.05, 0) is 38.5 Å². The van der Waals surface area contributed by atoms with E-state index >= 15 is 0 Å². The van der Waals surface area contributed by atoms with Gasteiger partial charge in [-0.2, -0.15) is 0 Å². The van der Waals surface area contributed by atoms with Gasteiger partial charge in [-0.15, -0.1) is 0 Å². The third-order valence-electron chi connectivity index (χ3n) is 3.30.